The minimum absolute atomic E-state index is 0.139. The molecule has 5 atom stereocenters. The van der Waals surface area contributed by atoms with Gasteiger partial charge < -0.3 is 9.84 Å². The van der Waals surface area contributed by atoms with Crippen molar-refractivity contribution in [3.63, 3.8) is 0 Å². The van der Waals surface area contributed by atoms with Gasteiger partial charge in [0.25, 0.3) is 0 Å². The highest BCUT2D eigenvalue weighted by atomic mass is 19.4. The molecular weight excluding hydrogens is 390 g/mol. The summed E-state index contributed by atoms with van der Waals surface area (Å²) in [5, 5.41) is 14.2. The van der Waals surface area contributed by atoms with Crippen LogP contribution in [0.5, 0.6) is 0 Å². The van der Waals surface area contributed by atoms with E-state index in [1.54, 1.807) is 23.0 Å². The van der Waals surface area contributed by atoms with Crippen LogP contribution in [-0.2, 0) is 4.74 Å². The second-order valence-corrected chi connectivity index (χ2v) is 8.10. The van der Waals surface area contributed by atoms with Gasteiger partial charge in [0.05, 0.1) is 5.69 Å². The van der Waals surface area contributed by atoms with E-state index in [2.05, 4.69) is 5.10 Å². The molecule has 3 heterocycles. The average molecular weight is 413 g/mol. The monoisotopic (exact) mass is 413 g/mol. The first-order valence-electron chi connectivity index (χ1n) is 9.58. The summed E-state index contributed by atoms with van der Waals surface area (Å²) in [7, 11) is 0. The molecule has 2 aliphatic rings. The van der Waals surface area contributed by atoms with Crippen molar-refractivity contribution in [3.8, 4) is 5.69 Å². The topological polar surface area (TPSA) is 53.8 Å². The van der Waals surface area contributed by atoms with Crippen molar-refractivity contribution in [1.82, 2.24) is 14.7 Å². The minimum Gasteiger partial charge on any atom is -0.378 e. The number of nitrogens with zero attached hydrogens (tertiary/aromatic N) is 3. The van der Waals surface area contributed by atoms with E-state index in [1.807, 2.05) is 17.9 Å². The third kappa shape index (κ3) is 3.67. The molecule has 29 heavy (non-hydrogen) atoms. The molecule has 0 amide bonds. The number of epoxide rings is 1. The highest BCUT2D eigenvalue weighted by Crippen LogP contribution is 2.46. The number of aliphatic hydroxyl groups is 1. The second-order valence-electron chi connectivity index (χ2n) is 8.10. The number of aromatic nitrogens is 2. The Bertz CT molecular complexity index is 865. The Hall–Kier alpha value is -1.97. The summed E-state index contributed by atoms with van der Waals surface area (Å²) < 4.78 is 59.3. The van der Waals surface area contributed by atoms with E-state index < -0.39 is 24.1 Å². The van der Waals surface area contributed by atoms with Gasteiger partial charge in [-0.3, -0.25) is 4.90 Å². The van der Waals surface area contributed by atoms with Crippen LogP contribution in [0.15, 0.2) is 36.5 Å². The van der Waals surface area contributed by atoms with Crippen molar-refractivity contribution in [2.75, 3.05) is 13.1 Å². The van der Waals surface area contributed by atoms with Crippen LogP contribution in [-0.4, -0.2) is 57.0 Å². The molecule has 2 aliphatic heterocycles. The molecule has 1 aromatic heterocycles. The SMILES string of the molecule is C[C@@H]1CN(C2OC2[C@@](C)(O)C(F)(F)F)CC[C@@H]1c1ccnn1-c1ccc(F)cc1. The molecule has 0 saturated carbocycles. The van der Waals surface area contributed by atoms with Crippen LogP contribution in [0, 0.1) is 11.7 Å². The van der Waals surface area contributed by atoms with Crippen LogP contribution in [0.2, 0.25) is 0 Å². The number of rotatable bonds is 4. The fourth-order valence-corrected chi connectivity index (χ4v) is 4.19. The van der Waals surface area contributed by atoms with Gasteiger partial charge >= 0.3 is 6.18 Å². The van der Waals surface area contributed by atoms with Crippen molar-refractivity contribution in [2.24, 2.45) is 5.92 Å². The number of benzene rings is 1. The Labute approximate surface area is 165 Å². The number of piperidine rings is 1. The van der Waals surface area contributed by atoms with Crippen LogP contribution in [0.1, 0.15) is 31.9 Å². The van der Waals surface area contributed by atoms with Crippen LogP contribution in [0.25, 0.3) is 5.69 Å². The summed E-state index contributed by atoms with van der Waals surface area (Å²) in [4.78, 5) is 1.87. The normalized spacial score (nSPS) is 30.2. The highest BCUT2D eigenvalue weighted by molar-refractivity contribution is 5.34. The molecule has 2 aromatic rings. The lowest BCUT2D eigenvalue weighted by molar-refractivity contribution is -0.259. The summed E-state index contributed by atoms with van der Waals surface area (Å²) in [6.07, 6.45) is -4.32. The number of halogens is 4. The Morgan fingerprint density at radius 3 is 2.48 bits per heavy atom. The molecule has 4 rings (SSSR count). The summed E-state index contributed by atoms with van der Waals surface area (Å²) in [6.45, 7) is 3.90. The lowest BCUT2D eigenvalue weighted by atomic mass is 9.84. The molecule has 5 nitrogen and oxygen atoms in total. The second kappa shape index (κ2) is 7.07. The number of hydrogen-bond donors (Lipinski definition) is 1. The number of hydrogen-bond acceptors (Lipinski definition) is 4. The lowest BCUT2D eigenvalue weighted by Gasteiger charge is -2.37. The van der Waals surface area contributed by atoms with Crippen molar-refractivity contribution in [2.45, 2.75) is 50.3 Å². The number of alkyl halides is 3. The van der Waals surface area contributed by atoms with E-state index >= 15 is 0 Å². The van der Waals surface area contributed by atoms with Gasteiger partial charge in [-0.25, -0.2) is 9.07 Å². The summed E-state index contributed by atoms with van der Waals surface area (Å²) in [5.41, 5.74) is -1.12. The quantitative estimate of drug-likeness (QED) is 0.616. The molecule has 2 saturated heterocycles. The van der Waals surface area contributed by atoms with Crippen molar-refractivity contribution in [3.05, 3.63) is 48.0 Å². The zero-order chi connectivity index (χ0) is 21.0. The fraction of sp³-hybridized carbons (Fsp3) is 0.550. The van der Waals surface area contributed by atoms with E-state index in [9.17, 15) is 22.7 Å². The van der Waals surface area contributed by atoms with E-state index in [0.29, 0.717) is 13.1 Å². The molecule has 0 aliphatic carbocycles. The molecule has 2 fully saturated rings. The van der Waals surface area contributed by atoms with Gasteiger partial charge in [-0.1, -0.05) is 6.92 Å². The van der Waals surface area contributed by atoms with Gasteiger partial charge in [0.15, 0.2) is 5.60 Å². The largest absolute Gasteiger partial charge is 0.419 e. The molecule has 0 spiro atoms. The van der Waals surface area contributed by atoms with Crippen LogP contribution >= 0.6 is 0 Å². The number of ether oxygens (including phenoxy) is 1. The maximum absolute atomic E-state index is 13.2. The van der Waals surface area contributed by atoms with E-state index in [1.165, 1.54) is 12.1 Å². The summed E-state index contributed by atoms with van der Waals surface area (Å²) >= 11 is 0. The third-order valence-corrected chi connectivity index (χ3v) is 6.02. The first kappa shape index (κ1) is 20.3. The minimum atomic E-state index is -4.74. The summed E-state index contributed by atoms with van der Waals surface area (Å²) in [5.74, 6) is -0.0303. The fourth-order valence-electron chi connectivity index (χ4n) is 4.19. The van der Waals surface area contributed by atoms with E-state index in [4.69, 9.17) is 4.74 Å². The zero-order valence-electron chi connectivity index (χ0n) is 16.1. The zero-order valence-corrected chi connectivity index (χ0v) is 16.1. The van der Waals surface area contributed by atoms with Gasteiger partial charge in [0.2, 0.25) is 0 Å². The van der Waals surface area contributed by atoms with Crippen molar-refractivity contribution in [1.29, 1.82) is 0 Å². The summed E-state index contributed by atoms with van der Waals surface area (Å²) in [6, 6.07) is 8.00. The van der Waals surface area contributed by atoms with Gasteiger partial charge in [-0.05, 0) is 49.6 Å². The first-order valence-corrected chi connectivity index (χ1v) is 9.58. The predicted molar refractivity (Wildman–Crippen MR) is 97.0 cm³/mol. The van der Waals surface area contributed by atoms with Gasteiger partial charge in [0.1, 0.15) is 18.1 Å². The van der Waals surface area contributed by atoms with Crippen molar-refractivity contribution >= 4 is 0 Å². The predicted octanol–water partition coefficient (Wildman–Crippen LogP) is 3.48. The highest BCUT2D eigenvalue weighted by Gasteiger charge is 2.66. The van der Waals surface area contributed by atoms with Crippen molar-refractivity contribution < 1.29 is 27.4 Å². The van der Waals surface area contributed by atoms with E-state index in [0.717, 1.165) is 24.7 Å². The smallest absolute Gasteiger partial charge is 0.378 e. The van der Waals surface area contributed by atoms with Crippen LogP contribution in [0.3, 0.4) is 0 Å². The molecular formula is C20H23F4N3O2. The maximum atomic E-state index is 13.2. The van der Waals surface area contributed by atoms with E-state index in [-0.39, 0.29) is 17.7 Å². The Morgan fingerprint density at radius 2 is 1.86 bits per heavy atom. The Kier molecular flexibility index (Phi) is 4.95. The van der Waals surface area contributed by atoms with Gasteiger partial charge in [-0.2, -0.15) is 18.3 Å². The van der Waals surface area contributed by atoms with Gasteiger partial charge in [0, 0.05) is 30.9 Å². The molecule has 0 bridgehead atoms. The Morgan fingerprint density at radius 1 is 1.17 bits per heavy atom. The molecule has 1 aromatic carbocycles. The average Bonchev–Trinajstić information content (AvgIpc) is 3.33. The van der Waals surface area contributed by atoms with Crippen LogP contribution in [0.4, 0.5) is 17.6 Å². The molecule has 1 N–H and O–H groups in total. The third-order valence-electron chi connectivity index (χ3n) is 6.02. The molecule has 2 unspecified atom stereocenters. The Balaban J connectivity index is 1.45. The molecule has 9 heteroatoms. The number of likely N-dealkylation sites (tertiary alicyclic amines) is 1. The lowest BCUT2D eigenvalue weighted by Crippen LogP contribution is -2.50. The molecule has 0 radical (unpaired) electrons. The van der Waals surface area contributed by atoms with Gasteiger partial charge in [-0.15, -0.1) is 0 Å². The standard InChI is InChI=1S/C20H23F4N3O2/c1-12-11-26(18-17(29-18)19(2,28)20(22,23)24)10-8-15(12)16-7-9-25-27(16)14-5-3-13(21)4-6-14/h3-7,9,12,15,17-18,28H,8,10-11H2,1-2H3/t12-,15+,17?,18?,19-/m1/s1. The first-order chi connectivity index (χ1) is 13.6. The molecule has 158 valence electrons. The maximum Gasteiger partial charge on any atom is 0.419 e. The van der Waals surface area contributed by atoms with Crippen LogP contribution < -0.4 is 0 Å².